The van der Waals surface area contributed by atoms with E-state index in [1.54, 1.807) is 0 Å². The van der Waals surface area contributed by atoms with Crippen molar-refractivity contribution in [3.63, 3.8) is 0 Å². The van der Waals surface area contributed by atoms with Gasteiger partial charge < -0.3 is 15.8 Å². The number of aliphatic imine (C=N–C) groups is 1. The molecule has 0 saturated heterocycles. The molecule has 2 heterocycles. The summed E-state index contributed by atoms with van der Waals surface area (Å²) in [5, 5.41) is 11.3. The van der Waals surface area contributed by atoms with Crippen molar-refractivity contribution in [1.29, 1.82) is 5.26 Å². The molecule has 1 aliphatic heterocycles. The molecule has 0 aliphatic carbocycles. The van der Waals surface area contributed by atoms with Crippen molar-refractivity contribution in [2.75, 3.05) is 5.32 Å². The van der Waals surface area contributed by atoms with E-state index in [0.717, 1.165) is 6.07 Å². The van der Waals surface area contributed by atoms with Gasteiger partial charge in [0.05, 0.1) is 11.1 Å². The topological polar surface area (TPSA) is 113 Å². The molecule has 1 aliphatic rings. The lowest BCUT2D eigenvalue weighted by molar-refractivity contribution is -0.223. The van der Waals surface area contributed by atoms with Gasteiger partial charge in [0.15, 0.2) is 0 Å². The van der Waals surface area contributed by atoms with Crippen LogP contribution in [0.2, 0.25) is 0 Å². The first kappa shape index (κ1) is 22.0. The molecule has 1 amide bonds. The number of amides is 1. The van der Waals surface area contributed by atoms with Gasteiger partial charge in [0.1, 0.15) is 17.6 Å². The van der Waals surface area contributed by atoms with Crippen molar-refractivity contribution >= 4 is 17.6 Å². The van der Waals surface area contributed by atoms with Crippen LogP contribution >= 0.6 is 0 Å². The molecule has 0 saturated carbocycles. The maximum Gasteiger partial charge on any atom is 0.425 e. The Morgan fingerprint density at radius 2 is 2.03 bits per heavy atom. The lowest BCUT2D eigenvalue weighted by atomic mass is 9.76. The van der Waals surface area contributed by atoms with E-state index in [4.69, 9.17) is 11.0 Å². The van der Waals surface area contributed by atoms with Crippen LogP contribution in [-0.2, 0) is 10.3 Å². The Morgan fingerprint density at radius 3 is 2.61 bits per heavy atom. The summed E-state index contributed by atoms with van der Waals surface area (Å²) in [5.74, 6) is -2.79. The minimum absolute atomic E-state index is 0.00470. The Bertz CT molecular complexity index is 1080. The Morgan fingerprint density at radius 1 is 1.32 bits per heavy atom. The van der Waals surface area contributed by atoms with Gasteiger partial charge in [-0.2, -0.15) is 18.4 Å². The third kappa shape index (κ3) is 4.28. The zero-order chi connectivity index (χ0) is 23.0. The highest BCUT2D eigenvalue weighted by atomic mass is 19.4. The average molecular weight is 435 g/mol. The van der Waals surface area contributed by atoms with Crippen molar-refractivity contribution in [3.8, 4) is 6.07 Å². The average Bonchev–Trinajstić information content (AvgIpc) is 2.71. The highest BCUT2D eigenvalue weighted by Gasteiger charge is 2.55. The molecule has 11 heteroatoms. The molecule has 162 valence electrons. The van der Waals surface area contributed by atoms with E-state index < -0.39 is 41.5 Å². The maximum atomic E-state index is 14.7. The number of carbonyl (C=O) groups is 1. The summed E-state index contributed by atoms with van der Waals surface area (Å²) in [6.45, 7) is 2.55. The van der Waals surface area contributed by atoms with Crippen LogP contribution in [0.4, 0.5) is 23.2 Å². The molecule has 0 unspecified atom stereocenters. The first-order valence-electron chi connectivity index (χ1n) is 9.02. The lowest BCUT2D eigenvalue weighted by Crippen LogP contribution is -2.52. The van der Waals surface area contributed by atoms with Crippen molar-refractivity contribution in [1.82, 2.24) is 4.98 Å². The van der Waals surface area contributed by atoms with Crippen LogP contribution in [0.1, 0.15) is 35.5 Å². The van der Waals surface area contributed by atoms with Gasteiger partial charge in [0, 0.05) is 23.4 Å². The number of nitrogens with one attached hydrogen (secondary N) is 1. The van der Waals surface area contributed by atoms with Crippen LogP contribution in [0.15, 0.2) is 41.5 Å². The summed E-state index contributed by atoms with van der Waals surface area (Å²) in [7, 11) is 0. The number of ether oxygens (including phenoxy) is 1. The number of rotatable bonds is 3. The number of aromatic nitrogens is 1. The monoisotopic (exact) mass is 435 g/mol. The van der Waals surface area contributed by atoms with E-state index in [1.165, 1.54) is 44.3 Å². The van der Waals surface area contributed by atoms with E-state index >= 15 is 0 Å². The molecular weight excluding hydrogens is 418 g/mol. The Balaban J connectivity index is 1.95. The fourth-order valence-corrected chi connectivity index (χ4v) is 3.32. The number of carbonyl (C=O) groups excluding carboxylic acids is 1. The molecule has 3 N–H and O–H groups in total. The van der Waals surface area contributed by atoms with Crippen LogP contribution in [0.5, 0.6) is 0 Å². The molecule has 1 aromatic heterocycles. The van der Waals surface area contributed by atoms with Crippen LogP contribution in [0, 0.1) is 23.1 Å². The number of hydrogen-bond acceptors (Lipinski definition) is 6. The van der Waals surface area contributed by atoms with Gasteiger partial charge in [-0.15, -0.1) is 0 Å². The molecule has 7 nitrogen and oxygen atoms in total. The number of pyridine rings is 1. The molecule has 3 rings (SSSR count). The second kappa shape index (κ2) is 7.86. The maximum absolute atomic E-state index is 14.7. The number of amidine groups is 1. The molecule has 3 atom stereocenters. The molecule has 0 radical (unpaired) electrons. The predicted octanol–water partition coefficient (Wildman–Crippen LogP) is 3.47. The predicted molar refractivity (Wildman–Crippen MR) is 102 cm³/mol. The van der Waals surface area contributed by atoms with Gasteiger partial charge >= 0.3 is 6.18 Å². The zero-order valence-electron chi connectivity index (χ0n) is 16.4. The number of nitrogens with two attached hydrogens (primary N) is 1. The summed E-state index contributed by atoms with van der Waals surface area (Å²) in [6.07, 6.45) is -5.81. The Hall–Kier alpha value is -3.68. The Kier molecular flexibility index (Phi) is 5.59. The normalized spacial score (nSPS) is 23.3. The van der Waals surface area contributed by atoms with Crippen LogP contribution < -0.4 is 11.1 Å². The third-order valence-electron chi connectivity index (χ3n) is 5.15. The number of anilines is 1. The highest BCUT2D eigenvalue weighted by molar-refractivity contribution is 6.02. The standard InChI is InChI=1S/C20H17F4N5O2/c1-10-16(20(22,23)24)31-18(26)29-19(10,2)13-7-12(4-5-14(13)21)28-17(30)15-6-3-11(8-25)9-27-15/h3-7,9-10,16H,1-2H3,(H2,26,29)(H,28,30)/t10-,16+,19+/m1/s1. The van der Waals surface area contributed by atoms with Crippen molar-refractivity contribution in [2.24, 2.45) is 16.6 Å². The smallest absolute Gasteiger partial charge is 0.425 e. The lowest BCUT2D eigenvalue weighted by Gasteiger charge is -2.41. The number of halogens is 4. The number of alkyl halides is 3. The number of benzene rings is 1. The van der Waals surface area contributed by atoms with Gasteiger partial charge in [-0.05, 0) is 37.3 Å². The number of nitriles is 1. The number of nitrogens with zero attached hydrogens (tertiary/aromatic N) is 3. The molecule has 31 heavy (non-hydrogen) atoms. The van der Waals surface area contributed by atoms with Crippen LogP contribution in [0.25, 0.3) is 0 Å². The zero-order valence-corrected chi connectivity index (χ0v) is 16.4. The van der Waals surface area contributed by atoms with E-state index in [-0.39, 0.29) is 22.5 Å². The fraction of sp³-hybridized carbons (Fsp3) is 0.300. The summed E-state index contributed by atoms with van der Waals surface area (Å²) in [6, 6.07) is 7.36. The molecule has 0 fully saturated rings. The minimum atomic E-state index is -4.75. The van der Waals surface area contributed by atoms with E-state index in [1.807, 2.05) is 6.07 Å². The minimum Gasteiger partial charge on any atom is -0.452 e. The SMILES string of the molecule is C[C@@H]1[C@@H](C(F)(F)F)OC(N)=N[C@]1(C)c1cc(NC(=O)c2ccc(C#N)cn2)ccc1F. The first-order chi connectivity index (χ1) is 14.5. The fourth-order valence-electron chi connectivity index (χ4n) is 3.32. The molecule has 0 bridgehead atoms. The van der Waals surface area contributed by atoms with Crippen LogP contribution in [0.3, 0.4) is 0 Å². The summed E-state index contributed by atoms with van der Waals surface area (Å²) >= 11 is 0. The van der Waals surface area contributed by atoms with Crippen molar-refractivity contribution in [2.45, 2.75) is 31.7 Å². The number of hydrogen-bond donors (Lipinski definition) is 2. The Labute approximate surface area is 174 Å². The second-order valence-electron chi connectivity index (χ2n) is 7.16. The van der Waals surface area contributed by atoms with E-state index in [9.17, 15) is 22.4 Å². The van der Waals surface area contributed by atoms with Gasteiger partial charge in [-0.25, -0.2) is 14.4 Å². The molecule has 2 aromatic rings. The highest BCUT2D eigenvalue weighted by Crippen LogP contribution is 2.45. The van der Waals surface area contributed by atoms with Gasteiger partial charge in [-0.1, -0.05) is 6.92 Å². The third-order valence-corrected chi connectivity index (χ3v) is 5.15. The van der Waals surface area contributed by atoms with Gasteiger partial charge in [0.25, 0.3) is 11.9 Å². The first-order valence-corrected chi connectivity index (χ1v) is 9.02. The van der Waals surface area contributed by atoms with E-state index in [2.05, 4.69) is 20.0 Å². The molecule has 0 spiro atoms. The van der Waals surface area contributed by atoms with Crippen molar-refractivity contribution < 1.29 is 27.1 Å². The van der Waals surface area contributed by atoms with E-state index in [0.29, 0.717) is 0 Å². The second-order valence-corrected chi connectivity index (χ2v) is 7.16. The molecular formula is C20H17F4N5O2. The van der Waals surface area contributed by atoms with Crippen molar-refractivity contribution in [3.05, 3.63) is 59.2 Å². The quantitative estimate of drug-likeness (QED) is 0.717. The molecule has 1 aromatic carbocycles. The van der Waals surface area contributed by atoms with Gasteiger partial charge in [0.2, 0.25) is 6.10 Å². The van der Waals surface area contributed by atoms with Crippen LogP contribution in [-0.4, -0.2) is 29.2 Å². The van der Waals surface area contributed by atoms with Gasteiger partial charge in [-0.3, -0.25) is 4.79 Å². The summed E-state index contributed by atoms with van der Waals surface area (Å²) in [5.41, 5.74) is 3.94. The largest absolute Gasteiger partial charge is 0.452 e. The summed E-state index contributed by atoms with van der Waals surface area (Å²) in [4.78, 5) is 20.2. The summed E-state index contributed by atoms with van der Waals surface area (Å²) < 4.78 is 59.6.